The van der Waals surface area contributed by atoms with Crippen molar-refractivity contribution in [2.75, 3.05) is 6.61 Å². The van der Waals surface area contributed by atoms with E-state index in [1.165, 1.54) is 26.2 Å². The van der Waals surface area contributed by atoms with Crippen LogP contribution in [-0.2, 0) is 14.1 Å². The van der Waals surface area contributed by atoms with Crippen molar-refractivity contribution in [3.8, 4) is 0 Å². The molecule has 1 atom stereocenters. The van der Waals surface area contributed by atoms with Gasteiger partial charge in [-0.25, -0.2) is 0 Å². The lowest BCUT2D eigenvalue weighted by molar-refractivity contribution is -0.143. The summed E-state index contributed by atoms with van der Waals surface area (Å²) in [5.41, 5.74) is -1.36. The van der Waals surface area contributed by atoms with Gasteiger partial charge < -0.3 is 14.5 Å². The Hall–Kier alpha value is -0.380. The largest absolute Gasteiger partial charge is 0.465 e. The monoisotopic (exact) mass is 266 g/mol. The Balaban J connectivity index is 3.55. The fraction of sp³-hybridized carbons (Fsp3) is 0.909. The minimum absolute atomic E-state index is 0.245. The van der Waals surface area contributed by atoms with Gasteiger partial charge in [-0.15, -0.1) is 0 Å². The summed E-state index contributed by atoms with van der Waals surface area (Å²) in [5, 5.41) is 0. The smallest absolute Gasteiger partial charge is 0.339 e. The fourth-order valence-electron chi connectivity index (χ4n) is 1.31. The van der Waals surface area contributed by atoms with Gasteiger partial charge in [0.25, 0.3) is 0 Å². The molecule has 0 bridgehead atoms. The predicted octanol–water partition coefficient (Wildman–Crippen LogP) is 2.46. The van der Waals surface area contributed by atoms with Gasteiger partial charge in [0.15, 0.2) is 5.66 Å². The molecular weight excluding hydrogens is 243 g/mol. The van der Waals surface area contributed by atoms with Gasteiger partial charge in [-0.3, -0.25) is 9.36 Å². The van der Waals surface area contributed by atoms with E-state index in [0.717, 1.165) is 19.3 Å². The van der Waals surface area contributed by atoms with Crippen molar-refractivity contribution in [3.63, 3.8) is 0 Å². The first-order valence-electron chi connectivity index (χ1n) is 6.11. The second-order valence-corrected chi connectivity index (χ2v) is 6.15. The topological polar surface area (TPSA) is 83.8 Å². The average Bonchev–Trinajstić information content (AvgIpc) is 2.25. The highest BCUT2D eigenvalue weighted by atomic mass is 31.2. The third kappa shape index (κ3) is 8.36. The standard InChI is InChI=1S/C11H23O5P/c1-3-4-5-6-7-8-9-16-11(12)10(2)17(13,14)15/h10H,3-9H2,1-2H3,(H2,13,14,15). The molecule has 0 rings (SSSR count). The van der Waals surface area contributed by atoms with Crippen molar-refractivity contribution >= 4 is 13.6 Å². The number of carbonyl (C=O) groups excluding carboxylic acids is 1. The summed E-state index contributed by atoms with van der Waals surface area (Å²) in [5.74, 6) is -0.813. The van der Waals surface area contributed by atoms with E-state index < -0.39 is 19.2 Å². The summed E-state index contributed by atoms with van der Waals surface area (Å²) in [6.45, 7) is 3.57. The maximum absolute atomic E-state index is 11.2. The Morgan fingerprint density at radius 1 is 1.18 bits per heavy atom. The van der Waals surface area contributed by atoms with Crippen molar-refractivity contribution in [3.05, 3.63) is 0 Å². The average molecular weight is 266 g/mol. The molecule has 2 N–H and O–H groups in total. The molecule has 0 saturated heterocycles. The van der Waals surface area contributed by atoms with E-state index in [4.69, 9.17) is 14.5 Å². The Kier molecular flexibility index (Phi) is 8.48. The normalized spacial score (nSPS) is 13.4. The molecule has 0 saturated carbocycles. The predicted molar refractivity (Wildman–Crippen MR) is 65.8 cm³/mol. The van der Waals surface area contributed by atoms with E-state index >= 15 is 0 Å². The van der Waals surface area contributed by atoms with E-state index in [1.54, 1.807) is 0 Å². The third-order valence-corrected chi connectivity index (χ3v) is 3.81. The van der Waals surface area contributed by atoms with Crippen LogP contribution in [0.2, 0.25) is 0 Å². The van der Waals surface area contributed by atoms with Crippen molar-refractivity contribution in [2.24, 2.45) is 0 Å². The molecule has 102 valence electrons. The Labute approximate surface area is 103 Å². The van der Waals surface area contributed by atoms with Gasteiger partial charge in [-0.1, -0.05) is 39.0 Å². The Morgan fingerprint density at radius 2 is 1.71 bits per heavy atom. The molecule has 0 aromatic carbocycles. The lowest BCUT2D eigenvalue weighted by Gasteiger charge is -2.12. The van der Waals surface area contributed by atoms with E-state index in [0.29, 0.717) is 0 Å². The molecule has 0 fully saturated rings. The quantitative estimate of drug-likeness (QED) is 0.380. The van der Waals surface area contributed by atoms with E-state index in [1.807, 2.05) is 0 Å². The molecule has 0 heterocycles. The molecule has 0 radical (unpaired) electrons. The molecule has 1 unspecified atom stereocenters. The highest BCUT2D eigenvalue weighted by molar-refractivity contribution is 7.53. The number of unbranched alkanes of at least 4 members (excludes halogenated alkanes) is 5. The number of hydrogen-bond acceptors (Lipinski definition) is 3. The molecule has 5 nitrogen and oxygen atoms in total. The van der Waals surface area contributed by atoms with E-state index in [9.17, 15) is 9.36 Å². The van der Waals surface area contributed by atoms with E-state index in [2.05, 4.69) is 6.92 Å². The number of ether oxygens (including phenoxy) is 1. The lowest BCUT2D eigenvalue weighted by Crippen LogP contribution is -2.20. The highest BCUT2D eigenvalue weighted by Crippen LogP contribution is 2.41. The zero-order chi connectivity index (χ0) is 13.3. The third-order valence-electron chi connectivity index (χ3n) is 2.59. The highest BCUT2D eigenvalue weighted by Gasteiger charge is 2.32. The number of esters is 1. The second kappa shape index (κ2) is 8.67. The van der Waals surface area contributed by atoms with Crippen molar-refractivity contribution in [1.29, 1.82) is 0 Å². The molecule has 0 aromatic heterocycles. The lowest BCUT2D eigenvalue weighted by atomic mass is 10.1. The van der Waals surface area contributed by atoms with Crippen molar-refractivity contribution in [2.45, 2.75) is 58.0 Å². The maximum Gasteiger partial charge on any atom is 0.339 e. The summed E-state index contributed by atoms with van der Waals surface area (Å²) < 4.78 is 15.6. The van der Waals surface area contributed by atoms with Crippen LogP contribution < -0.4 is 0 Å². The summed E-state index contributed by atoms with van der Waals surface area (Å²) in [6, 6.07) is 0. The van der Waals surface area contributed by atoms with E-state index in [-0.39, 0.29) is 6.61 Å². The van der Waals surface area contributed by atoms with Crippen LogP contribution in [0.1, 0.15) is 52.4 Å². The van der Waals surface area contributed by atoms with Crippen LogP contribution in [0.4, 0.5) is 0 Å². The minimum Gasteiger partial charge on any atom is -0.465 e. The molecule has 0 aliphatic carbocycles. The minimum atomic E-state index is -4.36. The van der Waals surface area contributed by atoms with Crippen molar-refractivity contribution < 1.29 is 23.9 Å². The molecule has 0 spiro atoms. The molecular formula is C11H23O5P. The second-order valence-electron chi connectivity index (χ2n) is 4.20. The summed E-state index contributed by atoms with van der Waals surface area (Å²) in [4.78, 5) is 28.7. The van der Waals surface area contributed by atoms with Gasteiger partial charge in [-0.2, -0.15) is 0 Å². The van der Waals surface area contributed by atoms with Gasteiger partial charge in [-0.05, 0) is 13.3 Å². The van der Waals surface area contributed by atoms with Crippen LogP contribution in [0.5, 0.6) is 0 Å². The maximum atomic E-state index is 11.2. The van der Waals surface area contributed by atoms with Crippen LogP contribution in [0.25, 0.3) is 0 Å². The van der Waals surface area contributed by atoms with Gasteiger partial charge >= 0.3 is 13.6 Å². The number of carbonyl (C=O) groups is 1. The Bertz CT molecular complexity index is 261. The molecule has 0 amide bonds. The zero-order valence-electron chi connectivity index (χ0n) is 10.6. The van der Waals surface area contributed by atoms with Gasteiger partial charge in [0, 0.05) is 0 Å². The summed E-state index contributed by atoms with van der Waals surface area (Å²) >= 11 is 0. The van der Waals surface area contributed by atoms with Crippen LogP contribution >= 0.6 is 7.60 Å². The SMILES string of the molecule is CCCCCCCCOC(=O)C(C)P(=O)(O)O. The van der Waals surface area contributed by atoms with Crippen LogP contribution in [-0.4, -0.2) is 28.0 Å². The van der Waals surface area contributed by atoms with Gasteiger partial charge in [0.2, 0.25) is 0 Å². The van der Waals surface area contributed by atoms with Crippen LogP contribution in [0, 0.1) is 0 Å². The Morgan fingerprint density at radius 3 is 2.24 bits per heavy atom. The first-order chi connectivity index (χ1) is 7.89. The molecule has 17 heavy (non-hydrogen) atoms. The molecule has 0 aliphatic heterocycles. The number of hydrogen-bond donors (Lipinski definition) is 2. The number of rotatable bonds is 9. The van der Waals surface area contributed by atoms with Crippen LogP contribution in [0.3, 0.4) is 0 Å². The molecule has 0 aromatic rings. The fourth-order valence-corrected chi connectivity index (χ4v) is 1.66. The van der Waals surface area contributed by atoms with Crippen LogP contribution in [0.15, 0.2) is 0 Å². The van der Waals surface area contributed by atoms with Gasteiger partial charge in [0.05, 0.1) is 6.61 Å². The zero-order valence-corrected chi connectivity index (χ0v) is 11.5. The first-order valence-corrected chi connectivity index (χ1v) is 7.79. The molecule has 0 aliphatic rings. The van der Waals surface area contributed by atoms with Crippen molar-refractivity contribution in [1.82, 2.24) is 0 Å². The summed E-state index contributed by atoms with van der Waals surface area (Å²) in [6.07, 6.45) is 6.44. The first kappa shape index (κ1) is 16.6. The summed E-state index contributed by atoms with van der Waals surface area (Å²) in [7, 11) is -4.36. The van der Waals surface area contributed by atoms with Gasteiger partial charge in [0.1, 0.15) is 0 Å². The molecule has 6 heteroatoms.